The Morgan fingerprint density at radius 1 is 0.431 bits per heavy atom. The predicted octanol–water partition coefficient (Wildman–Crippen LogP) is 17.3. The summed E-state index contributed by atoms with van der Waals surface area (Å²) in [6.07, 6.45) is 0. The summed E-state index contributed by atoms with van der Waals surface area (Å²) in [5, 5.41) is 0. The molecule has 0 nitrogen and oxygen atoms in total. The lowest BCUT2D eigenvalue weighted by atomic mass is 9.71. The van der Waals surface area contributed by atoms with E-state index in [0.29, 0.717) is 20.2 Å². The molecule has 308 valence electrons. The van der Waals surface area contributed by atoms with Crippen LogP contribution in [-0.4, -0.2) is 17.8 Å². The maximum atomic E-state index is 17.2. The van der Waals surface area contributed by atoms with Gasteiger partial charge >= 0.3 is 17.8 Å². The molecule has 0 saturated heterocycles. The van der Waals surface area contributed by atoms with Crippen LogP contribution in [0.5, 0.6) is 0 Å². The molecule has 0 N–H and O–H groups in total. The zero-order chi connectivity index (χ0) is 42.6. The number of halogens is 6. The van der Waals surface area contributed by atoms with Crippen LogP contribution < -0.4 is 0 Å². The molecule has 0 saturated carbocycles. The molecule has 8 rings (SSSR count). The second-order valence-electron chi connectivity index (χ2n) is 19.6. The molecule has 0 aliphatic heterocycles. The zero-order valence-corrected chi connectivity index (χ0v) is 39.4. The first kappa shape index (κ1) is 42.2. The number of hydrogen-bond donors (Lipinski definition) is 0. The van der Waals surface area contributed by atoms with Gasteiger partial charge in [-0.1, -0.05) is 83.1 Å². The minimum atomic E-state index is -5.67. The van der Waals surface area contributed by atoms with Gasteiger partial charge < -0.3 is 0 Å². The Morgan fingerprint density at radius 3 is 1.33 bits per heavy atom. The van der Waals surface area contributed by atoms with Crippen molar-refractivity contribution in [2.75, 3.05) is 0 Å². The van der Waals surface area contributed by atoms with Crippen LogP contribution in [0.25, 0.3) is 34.8 Å². The van der Waals surface area contributed by atoms with Crippen molar-refractivity contribution >= 4 is 73.6 Å². The van der Waals surface area contributed by atoms with Gasteiger partial charge in [-0.3, -0.25) is 0 Å². The lowest BCUT2D eigenvalue weighted by Crippen LogP contribution is -2.52. The van der Waals surface area contributed by atoms with Gasteiger partial charge in [0.2, 0.25) is 0 Å². The summed E-state index contributed by atoms with van der Waals surface area (Å²) >= 11 is 8.45. The topological polar surface area (TPSA) is 0 Å². The molecule has 6 aromatic heterocycles. The van der Waals surface area contributed by atoms with Crippen molar-refractivity contribution in [2.45, 2.75) is 128 Å². The van der Waals surface area contributed by atoms with Gasteiger partial charge in [-0.05, 0) is 87.9 Å². The molecule has 58 heavy (non-hydrogen) atoms. The molecule has 6 heterocycles. The highest BCUT2D eigenvalue weighted by Crippen LogP contribution is 2.75. The van der Waals surface area contributed by atoms with Gasteiger partial charge in [0.05, 0.1) is 5.41 Å². The van der Waals surface area contributed by atoms with Crippen molar-refractivity contribution in [1.29, 1.82) is 0 Å². The fourth-order valence-electron chi connectivity index (χ4n) is 7.79. The molecular weight excluding hydrogens is 859 g/mol. The molecule has 1 atom stereocenters. The van der Waals surface area contributed by atoms with Crippen molar-refractivity contribution in [1.82, 2.24) is 0 Å². The molecular formula is C46H46F6S6. The van der Waals surface area contributed by atoms with Crippen LogP contribution in [0.15, 0.2) is 66.2 Å². The fourth-order valence-corrected chi connectivity index (χ4v) is 15.2. The summed E-state index contributed by atoms with van der Waals surface area (Å²) in [6, 6.07) is 18.8. The Bertz CT molecular complexity index is 2600. The lowest BCUT2D eigenvalue weighted by molar-refractivity contribution is -0.261. The third-order valence-electron chi connectivity index (χ3n) is 11.0. The molecule has 1 unspecified atom stereocenters. The summed E-state index contributed by atoms with van der Waals surface area (Å²) in [5.74, 6) is -16.0. The smallest absolute Gasteiger partial charge is 0.194 e. The Labute approximate surface area is 361 Å². The van der Waals surface area contributed by atoms with E-state index in [-0.39, 0.29) is 26.7 Å². The Hall–Kier alpha value is -2.48. The quantitative estimate of drug-likeness (QED) is 0.151. The number of allylic oxidation sites excluding steroid dienone is 2. The summed E-state index contributed by atoms with van der Waals surface area (Å²) in [6.45, 7) is 24.9. The molecule has 0 aromatic carbocycles. The van der Waals surface area contributed by atoms with Gasteiger partial charge in [-0.15, -0.1) is 68.0 Å². The predicted molar refractivity (Wildman–Crippen MR) is 239 cm³/mol. The van der Waals surface area contributed by atoms with Crippen LogP contribution in [0.4, 0.5) is 26.3 Å². The number of hydrogen-bond acceptors (Lipinski definition) is 6. The molecule has 0 fully saturated rings. The van der Waals surface area contributed by atoms with E-state index < -0.39 is 39.7 Å². The molecule has 0 amide bonds. The van der Waals surface area contributed by atoms with Gasteiger partial charge in [-0.2, -0.15) is 26.3 Å². The van der Waals surface area contributed by atoms with Crippen molar-refractivity contribution < 1.29 is 26.3 Å². The van der Waals surface area contributed by atoms with E-state index in [1.165, 1.54) is 62.8 Å². The highest BCUT2D eigenvalue weighted by molar-refractivity contribution is 7.27. The van der Waals surface area contributed by atoms with E-state index in [0.717, 1.165) is 39.0 Å². The maximum Gasteiger partial charge on any atom is 0.380 e. The van der Waals surface area contributed by atoms with Crippen molar-refractivity contribution in [3.8, 4) is 29.3 Å². The maximum absolute atomic E-state index is 17.2. The minimum Gasteiger partial charge on any atom is -0.194 e. The fraction of sp³-hybridized carbons (Fsp3) is 0.435. The Kier molecular flexibility index (Phi) is 9.48. The highest BCUT2D eigenvalue weighted by atomic mass is 32.1. The number of thiophene rings is 6. The number of fused-ring (bicyclic) bond motifs is 2. The van der Waals surface area contributed by atoms with E-state index in [4.69, 9.17) is 0 Å². The van der Waals surface area contributed by atoms with Gasteiger partial charge in [0.25, 0.3) is 0 Å². The third kappa shape index (κ3) is 6.10. The summed E-state index contributed by atoms with van der Waals surface area (Å²) in [7, 11) is 0. The minimum absolute atomic E-state index is 0.159. The average molecular weight is 905 g/mol. The number of alkyl halides is 6. The normalized spacial score (nSPS) is 20.3. The standard InChI is InChI=1S/C46H46F6S6/c1-39(2,3)30-16-13-25(53-30)28-21-23-35-37(45(49,50)46(51,52)44(35,47)48)43(38(23)57-28,34-20-19-33(58-34)42(10,11)12)24-22-29(26-14-17-31(54-26)40(4,5)6)56-36(24)27-15-18-32(55-27)41(7,8)9/h13-22H,1-12H3. The average Bonchev–Trinajstić information content (AvgIpc) is 3.93. The van der Waals surface area contributed by atoms with E-state index >= 15 is 26.3 Å². The van der Waals surface area contributed by atoms with Crippen molar-refractivity contribution in [2.24, 2.45) is 0 Å². The van der Waals surface area contributed by atoms with Crippen molar-refractivity contribution in [3.05, 3.63) is 107 Å². The second kappa shape index (κ2) is 13.0. The van der Waals surface area contributed by atoms with Gasteiger partial charge in [0.1, 0.15) is 0 Å². The van der Waals surface area contributed by atoms with Crippen LogP contribution in [0.1, 0.15) is 123 Å². The van der Waals surface area contributed by atoms with Crippen LogP contribution in [0.3, 0.4) is 0 Å². The molecule has 0 radical (unpaired) electrons. The molecule has 2 aliphatic rings. The summed E-state index contributed by atoms with van der Waals surface area (Å²) in [4.78, 5) is 9.03. The lowest BCUT2D eigenvalue weighted by Gasteiger charge is -2.37. The largest absolute Gasteiger partial charge is 0.380 e. The van der Waals surface area contributed by atoms with E-state index in [2.05, 4.69) is 68.4 Å². The third-order valence-corrected chi connectivity index (χ3v) is 20.1. The molecule has 12 heteroatoms. The molecule has 6 aromatic rings. The monoisotopic (exact) mass is 904 g/mol. The van der Waals surface area contributed by atoms with Gasteiger partial charge in [0, 0.05) is 75.2 Å². The SMILES string of the molecule is CC(C)(C)c1ccc(-c2cc(C3(c4ccc(C(C)(C)C)s4)C4=C(c5cc(-c6ccc(C(C)(C)C)s6)sc53)C(F)(F)C(F)(F)C4(F)F)c(-c3ccc(C(C)(C)C)s3)s2)s1. The summed E-state index contributed by atoms with van der Waals surface area (Å²) < 4.78 is 100. The first-order valence-corrected chi connectivity index (χ1v) is 24.0. The van der Waals surface area contributed by atoms with E-state index in [1.807, 2.05) is 63.2 Å². The molecule has 0 spiro atoms. The first-order chi connectivity index (χ1) is 26.5. The highest BCUT2D eigenvalue weighted by Gasteiger charge is 2.85. The van der Waals surface area contributed by atoms with Crippen LogP contribution in [0, 0.1) is 0 Å². The van der Waals surface area contributed by atoms with E-state index in [9.17, 15) is 0 Å². The van der Waals surface area contributed by atoms with Crippen LogP contribution >= 0.6 is 68.0 Å². The first-order valence-electron chi connectivity index (χ1n) is 19.1. The molecule has 2 aliphatic carbocycles. The summed E-state index contributed by atoms with van der Waals surface area (Å²) in [5.41, 5.74) is -5.53. The van der Waals surface area contributed by atoms with E-state index in [1.54, 1.807) is 17.4 Å². The van der Waals surface area contributed by atoms with Gasteiger partial charge in [0.15, 0.2) is 0 Å². The van der Waals surface area contributed by atoms with Crippen LogP contribution in [-0.2, 0) is 27.1 Å². The van der Waals surface area contributed by atoms with Crippen molar-refractivity contribution in [3.63, 3.8) is 0 Å². The number of rotatable bonds is 5. The Morgan fingerprint density at radius 2 is 0.862 bits per heavy atom. The van der Waals surface area contributed by atoms with Crippen LogP contribution in [0.2, 0.25) is 0 Å². The zero-order valence-electron chi connectivity index (χ0n) is 34.5. The Balaban J connectivity index is 1.54. The second-order valence-corrected chi connectivity index (χ2v) is 26.0. The molecule has 0 bridgehead atoms. The van der Waals surface area contributed by atoms with Gasteiger partial charge in [-0.25, -0.2) is 0 Å².